The number of hydrogen-bond donors (Lipinski definition) is 2. The topological polar surface area (TPSA) is 48.9 Å². The van der Waals surface area contributed by atoms with Gasteiger partial charge in [-0.2, -0.15) is 0 Å². The van der Waals surface area contributed by atoms with Crippen LogP contribution < -0.4 is 15.4 Å². The molecule has 0 bridgehead atoms. The second-order valence-electron chi connectivity index (χ2n) is 8.79. The minimum absolute atomic E-state index is 0.00979. The molecule has 0 radical (unpaired) electrons. The van der Waals surface area contributed by atoms with Crippen LogP contribution in [0.5, 0.6) is 5.75 Å². The normalized spacial score (nSPS) is 27.3. The first-order chi connectivity index (χ1) is 13.7. The maximum atomic E-state index is 6.50. The average Bonchev–Trinajstić information content (AvgIpc) is 3.18. The SMILES string of the molecule is CCN1CCCC(CNC(=NC)NC2CC3(CCCC3)Oc3ccccc32)C1. The van der Waals surface area contributed by atoms with E-state index in [1.165, 1.54) is 57.2 Å². The number of fused-ring (bicyclic) bond motifs is 1. The Balaban J connectivity index is 1.41. The number of aliphatic imine (C=N–C) groups is 1. The molecule has 1 saturated heterocycles. The predicted molar refractivity (Wildman–Crippen MR) is 115 cm³/mol. The Morgan fingerprint density at radius 2 is 2.07 bits per heavy atom. The van der Waals surface area contributed by atoms with Gasteiger partial charge in [-0.05, 0) is 63.6 Å². The second-order valence-corrected chi connectivity index (χ2v) is 8.79. The first-order valence-electron chi connectivity index (χ1n) is 11.2. The van der Waals surface area contributed by atoms with Crippen molar-refractivity contribution in [2.75, 3.05) is 33.2 Å². The Bertz CT molecular complexity index is 683. The molecular formula is C23H36N4O. The number of benzene rings is 1. The van der Waals surface area contributed by atoms with Gasteiger partial charge in [0.1, 0.15) is 11.4 Å². The van der Waals surface area contributed by atoms with Crippen LogP contribution in [0.15, 0.2) is 29.3 Å². The maximum absolute atomic E-state index is 6.50. The van der Waals surface area contributed by atoms with Crippen LogP contribution in [-0.4, -0.2) is 49.7 Å². The third-order valence-electron chi connectivity index (χ3n) is 6.85. The van der Waals surface area contributed by atoms with Gasteiger partial charge < -0.3 is 20.3 Å². The highest BCUT2D eigenvalue weighted by Gasteiger charge is 2.43. The van der Waals surface area contributed by atoms with Crippen molar-refractivity contribution in [3.63, 3.8) is 0 Å². The summed E-state index contributed by atoms with van der Waals surface area (Å²) in [5.41, 5.74) is 1.27. The first kappa shape index (κ1) is 19.6. The largest absolute Gasteiger partial charge is 0.487 e. The lowest BCUT2D eigenvalue weighted by atomic mass is 9.86. The number of nitrogens with one attached hydrogen (secondary N) is 2. The minimum Gasteiger partial charge on any atom is -0.487 e. The van der Waals surface area contributed by atoms with E-state index in [2.05, 4.69) is 51.7 Å². The smallest absolute Gasteiger partial charge is 0.191 e. The Morgan fingerprint density at radius 3 is 2.86 bits per heavy atom. The van der Waals surface area contributed by atoms with Crippen molar-refractivity contribution in [2.24, 2.45) is 10.9 Å². The zero-order valence-electron chi connectivity index (χ0n) is 17.5. The quantitative estimate of drug-likeness (QED) is 0.614. The van der Waals surface area contributed by atoms with Gasteiger partial charge in [0.15, 0.2) is 5.96 Å². The van der Waals surface area contributed by atoms with Crippen LogP contribution in [0, 0.1) is 5.92 Å². The van der Waals surface area contributed by atoms with Gasteiger partial charge in [0.05, 0.1) is 6.04 Å². The van der Waals surface area contributed by atoms with Crippen molar-refractivity contribution in [1.29, 1.82) is 0 Å². The minimum atomic E-state index is 0.00979. The molecule has 1 aliphatic carbocycles. The van der Waals surface area contributed by atoms with Gasteiger partial charge in [-0.1, -0.05) is 25.1 Å². The molecule has 4 rings (SSSR count). The molecule has 2 N–H and O–H groups in total. The summed E-state index contributed by atoms with van der Waals surface area (Å²) in [6.45, 7) is 6.86. The Morgan fingerprint density at radius 1 is 1.25 bits per heavy atom. The van der Waals surface area contributed by atoms with E-state index in [9.17, 15) is 0 Å². The zero-order chi connectivity index (χ0) is 19.4. The van der Waals surface area contributed by atoms with Crippen LogP contribution in [-0.2, 0) is 0 Å². The van der Waals surface area contributed by atoms with E-state index in [0.717, 1.165) is 31.2 Å². The zero-order valence-corrected chi connectivity index (χ0v) is 17.5. The highest BCUT2D eigenvalue weighted by molar-refractivity contribution is 5.80. The van der Waals surface area contributed by atoms with Gasteiger partial charge in [0, 0.05) is 32.1 Å². The lowest BCUT2D eigenvalue weighted by molar-refractivity contribution is 0.0395. The molecule has 5 nitrogen and oxygen atoms in total. The van der Waals surface area contributed by atoms with Crippen LogP contribution in [0.25, 0.3) is 0 Å². The second kappa shape index (κ2) is 8.73. The molecule has 0 amide bonds. The third-order valence-corrected chi connectivity index (χ3v) is 6.85. The van der Waals surface area contributed by atoms with E-state index in [1.54, 1.807) is 0 Å². The van der Waals surface area contributed by atoms with Gasteiger partial charge in [-0.15, -0.1) is 0 Å². The number of nitrogens with zero attached hydrogens (tertiary/aromatic N) is 2. The van der Waals surface area contributed by atoms with Crippen molar-refractivity contribution in [2.45, 2.75) is 63.5 Å². The maximum Gasteiger partial charge on any atom is 0.191 e. The van der Waals surface area contributed by atoms with Gasteiger partial charge >= 0.3 is 0 Å². The molecule has 1 aromatic rings. The summed E-state index contributed by atoms with van der Waals surface area (Å²) < 4.78 is 6.50. The summed E-state index contributed by atoms with van der Waals surface area (Å²) in [4.78, 5) is 7.09. The number of ether oxygens (including phenoxy) is 1. The Hall–Kier alpha value is -1.75. The number of para-hydroxylation sites is 1. The lowest BCUT2D eigenvalue weighted by Crippen LogP contribution is -2.48. The van der Waals surface area contributed by atoms with E-state index in [0.29, 0.717) is 5.92 Å². The van der Waals surface area contributed by atoms with Crippen molar-refractivity contribution in [3.8, 4) is 5.75 Å². The molecule has 2 fully saturated rings. The molecule has 1 saturated carbocycles. The lowest BCUT2D eigenvalue weighted by Gasteiger charge is -2.40. The fourth-order valence-corrected chi connectivity index (χ4v) is 5.28. The van der Waals surface area contributed by atoms with Crippen molar-refractivity contribution in [1.82, 2.24) is 15.5 Å². The predicted octanol–water partition coefficient (Wildman–Crippen LogP) is 3.72. The molecule has 2 unspecified atom stereocenters. The number of likely N-dealkylation sites (tertiary alicyclic amines) is 1. The Labute approximate surface area is 169 Å². The highest BCUT2D eigenvalue weighted by atomic mass is 16.5. The summed E-state index contributed by atoms with van der Waals surface area (Å²) in [6.07, 6.45) is 8.53. The van der Waals surface area contributed by atoms with Crippen LogP contribution in [0.4, 0.5) is 0 Å². The number of hydrogen-bond acceptors (Lipinski definition) is 3. The average molecular weight is 385 g/mol. The summed E-state index contributed by atoms with van der Waals surface area (Å²) in [5.74, 6) is 2.67. The number of piperidine rings is 1. The number of rotatable bonds is 4. The summed E-state index contributed by atoms with van der Waals surface area (Å²) in [5, 5.41) is 7.34. The van der Waals surface area contributed by atoms with Crippen LogP contribution in [0.2, 0.25) is 0 Å². The fraction of sp³-hybridized carbons (Fsp3) is 0.696. The van der Waals surface area contributed by atoms with E-state index in [-0.39, 0.29) is 11.6 Å². The molecule has 0 aromatic heterocycles. The van der Waals surface area contributed by atoms with Crippen LogP contribution in [0.1, 0.15) is 63.5 Å². The molecule has 2 heterocycles. The number of guanidine groups is 1. The first-order valence-corrected chi connectivity index (χ1v) is 11.2. The summed E-state index contributed by atoms with van der Waals surface area (Å²) in [6, 6.07) is 8.77. The molecule has 28 heavy (non-hydrogen) atoms. The standard InChI is InChI=1S/C23H36N4O/c1-3-27-14-8-9-18(17-27)16-25-22(24-2)26-20-15-23(12-6-7-13-23)28-21-11-5-4-10-19(20)21/h4-5,10-11,18,20H,3,6-9,12-17H2,1-2H3,(H2,24,25,26). The molecule has 3 aliphatic rings. The highest BCUT2D eigenvalue weighted by Crippen LogP contribution is 2.46. The van der Waals surface area contributed by atoms with E-state index >= 15 is 0 Å². The molecule has 2 atom stereocenters. The third kappa shape index (κ3) is 4.29. The van der Waals surface area contributed by atoms with Gasteiger partial charge in [-0.25, -0.2) is 0 Å². The molecule has 5 heteroatoms. The van der Waals surface area contributed by atoms with Gasteiger partial charge in [0.25, 0.3) is 0 Å². The van der Waals surface area contributed by atoms with Gasteiger partial charge in [-0.3, -0.25) is 4.99 Å². The molecule has 1 spiro atoms. The van der Waals surface area contributed by atoms with Crippen molar-refractivity contribution in [3.05, 3.63) is 29.8 Å². The van der Waals surface area contributed by atoms with E-state index in [1.807, 2.05) is 7.05 Å². The van der Waals surface area contributed by atoms with Crippen molar-refractivity contribution >= 4 is 5.96 Å². The summed E-state index contributed by atoms with van der Waals surface area (Å²) in [7, 11) is 1.88. The van der Waals surface area contributed by atoms with E-state index in [4.69, 9.17) is 4.74 Å². The van der Waals surface area contributed by atoms with Crippen molar-refractivity contribution < 1.29 is 4.74 Å². The summed E-state index contributed by atoms with van der Waals surface area (Å²) >= 11 is 0. The van der Waals surface area contributed by atoms with Crippen LogP contribution >= 0.6 is 0 Å². The molecule has 2 aliphatic heterocycles. The fourth-order valence-electron chi connectivity index (χ4n) is 5.28. The molecule has 154 valence electrons. The molecular weight excluding hydrogens is 348 g/mol. The Kier molecular flexibility index (Phi) is 6.10. The van der Waals surface area contributed by atoms with Crippen LogP contribution in [0.3, 0.4) is 0 Å². The monoisotopic (exact) mass is 384 g/mol. The molecule has 1 aromatic carbocycles. The van der Waals surface area contributed by atoms with Gasteiger partial charge in [0.2, 0.25) is 0 Å². The van der Waals surface area contributed by atoms with E-state index < -0.39 is 0 Å².